The molecule has 0 amide bonds. The summed E-state index contributed by atoms with van der Waals surface area (Å²) in [4.78, 5) is 10.3. The number of nitro benzene ring substituents is 1. The molecule has 0 unspecified atom stereocenters. The maximum atomic E-state index is 10.8. The molecule has 2 aromatic rings. The summed E-state index contributed by atoms with van der Waals surface area (Å²) in [7, 11) is 1.82. The molecule has 0 aliphatic heterocycles. The summed E-state index contributed by atoms with van der Waals surface area (Å²) in [6.45, 7) is 0.404. The molecule has 1 aromatic heterocycles. The van der Waals surface area contributed by atoms with Crippen molar-refractivity contribution >= 4 is 17.1 Å². The van der Waals surface area contributed by atoms with Gasteiger partial charge in [-0.3, -0.25) is 16.0 Å². The van der Waals surface area contributed by atoms with Gasteiger partial charge in [0.2, 0.25) is 0 Å². The molecule has 100 valence electrons. The Morgan fingerprint density at radius 1 is 1.42 bits per heavy atom. The van der Waals surface area contributed by atoms with Crippen molar-refractivity contribution in [3.05, 3.63) is 40.5 Å². The Morgan fingerprint density at radius 3 is 2.74 bits per heavy atom. The van der Waals surface area contributed by atoms with Gasteiger partial charge < -0.3 is 15.3 Å². The zero-order valence-electron chi connectivity index (χ0n) is 10.2. The van der Waals surface area contributed by atoms with Crippen LogP contribution in [0.15, 0.2) is 24.5 Å². The van der Waals surface area contributed by atoms with E-state index in [-0.39, 0.29) is 5.69 Å². The van der Waals surface area contributed by atoms with Crippen molar-refractivity contribution in [2.24, 2.45) is 12.9 Å². The molecular formula is C10H13N7O2. The second kappa shape index (κ2) is 5.31. The van der Waals surface area contributed by atoms with Gasteiger partial charge >= 0.3 is 0 Å². The van der Waals surface area contributed by atoms with Crippen LogP contribution < -0.4 is 16.6 Å². The van der Waals surface area contributed by atoms with Crippen molar-refractivity contribution in [3.63, 3.8) is 0 Å². The molecule has 1 heterocycles. The second-order valence-corrected chi connectivity index (χ2v) is 3.88. The lowest BCUT2D eigenvalue weighted by molar-refractivity contribution is -0.384. The van der Waals surface area contributed by atoms with Crippen LogP contribution in [0.5, 0.6) is 0 Å². The molecule has 9 heteroatoms. The molecular weight excluding hydrogens is 250 g/mol. The molecule has 0 atom stereocenters. The Bertz CT molecular complexity index is 595. The number of nitrogens with two attached hydrogens (primary N) is 1. The van der Waals surface area contributed by atoms with Crippen molar-refractivity contribution in [1.29, 1.82) is 0 Å². The molecule has 0 spiro atoms. The first kappa shape index (κ1) is 12.8. The number of aromatic nitrogens is 3. The van der Waals surface area contributed by atoms with E-state index in [1.54, 1.807) is 17.0 Å². The monoisotopic (exact) mass is 263 g/mol. The van der Waals surface area contributed by atoms with Crippen molar-refractivity contribution in [2.75, 3.05) is 10.7 Å². The minimum atomic E-state index is -0.478. The highest BCUT2D eigenvalue weighted by Gasteiger charge is 2.10. The van der Waals surface area contributed by atoms with Crippen LogP contribution in [-0.2, 0) is 13.6 Å². The molecule has 0 saturated heterocycles. The molecule has 9 nitrogen and oxygen atoms in total. The average molecular weight is 263 g/mol. The number of benzene rings is 1. The van der Waals surface area contributed by atoms with Gasteiger partial charge in [0.05, 0.1) is 17.2 Å². The Kier molecular flexibility index (Phi) is 3.57. The summed E-state index contributed by atoms with van der Waals surface area (Å²) in [5.74, 6) is 5.99. The van der Waals surface area contributed by atoms with Crippen LogP contribution in [-0.4, -0.2) is 19.7 Å². The maximum Gasteiger partial charge on any atom is 0.273 e. The quantitative estimate of drug-likeness (QED) is 0.410. The van der Waals surface area contributed by atoms with E-state index < -0.39 is 4.92 Å². The summed E-state index contributed by atoms with van der Waals surface area (Å²) < 4.78 is 1.76. The minimum Gasteiger partial charge on any atom is -0.377 e. The van der Waals surface area contributed by atoms with Crippen molar-refractivity contribution in [3.8, 4) is 0 Å². The molecule has 2 rings (SSSR count). The SMILES string of the molecule is Cn1cnnc1CNc1cc(NN)cc([N+](=O)[O-])c1. The zero-order valence-corrected chi connectivity index (χ0v) is 10.2. The van der Waals surface area contributed by atoms with Crippen molar-refractivity contribution in [2.45, 2.75) is 6.54 Å². The summed E-state index contributed by atoms with van der Waals surface area (Å²) in [5.41, 5.74) is 3.37. The highest BCUT2D eigenvalue weighted by Crippen LogP contribution is 2.23. The summed E-state index contributed by atoms with van der Waals surface area (Å²) in [6.07, 6.45) is 1.58. The number of nitrogen functional groups attached to an aromatic ring is 1. The first-order chi connectivity index (χ1) is 9.10. The third kappa shape index (κ3) is 2.96. The van der Waals surface area contributed by atoms with E-state index in [9.17, 15) is 10.1 Å². The van der Waals surface area contributed by atoms with E-state index in [4.69, 9.17) is 5.84 Å². The molecule has 0 aliphatic rings. The van der Waals surface area contributed by atoms with Crippen LogP contribution >= 0.6 is 0 Å². The first-order valence-corrected chi connectivity index (χ1v) is 5.43. The van der Waals surface area contributed by atoms with Gasteiger partial charge in [0.1, 0.15) is 6.33 Å². The Morgan fingerprint density at radius 2 is 2.16 bits per heavy atom. The Labute approximate surface area is 108 Å². The van der Waals surface area contributed by atoms with Gasteiger partial charge in [-0.05, 0) is 6.07 Å². The number of non-ortho nitro benzene ring substituents is 1. The number of hydrogen-bond acceptors (Lipinski definition) is 7. The fraction of sp³-hybridized carbons (Fsp3) is 0.200. The highest BCUT2D eigenvalue weighted by molar-refractivity contribution is 5.63. The van der Waals surface area contributed by atoms with E-state index in [0.717, 1.165) is 0 Å². The molecule has 0 fully saturated rings. The fourth-order valence-electron chi connectivity index (χ4n) is 1.55. The molecule has 1 aromatic carbocycles. The third-order valence-corrected chi connectivity index (χ3v) is 2.55. The van der Waals surface area contributed by atoms with Crippen LogP contribution in [0.2, 0.25) is 0 Å². The predicted octanol–water partition coefficient (Wildman–Crippen LogP) is 0.621. The lowest BCUT2D eigenvalue weighted by Crippen LogP contribution is -2.09. The molecule has 0 bridgehead atoms. The average Bonchev–Trinajstić information content (AvgIpc) is 2.81. The van der Waals surface area contributed by atoms with Crippen LogP contribution in [0.1, 0.15) is 5.82 Å². The van der Waals surface area contributed by atoms with E-state index in [1.807, 2.05) is 7.05 Å². The van der Waals surface area contributed by atoms with Crippen LogP contribution in [0, 0.1) is 10.1 Å². The summed E-state index contributed by atoms with van der Waals surface area (Å²) >= 11 is 0. The van der Waals surface area contributed by atoms with E-state index in [0.29, 0.717) is 23.7 Å². The standard InChI is InChI=1S/C10H13N7O2/c1-16-6-13-15-10(16)5-12-7-2-8(14-11)4-9(3-7)17(18)19/h2-4,6,12,14H,5,11H2,1H3. The van der Waals surface area contributed by atoms with Crippen LogP contribution in [0.25, 0.3) is 0 Å². The smallest absolute Gasteiger partial charge is 0.273 e. The number of nitrogens with zero attached hydrogens (tertiary/aromatic N) is 4. The maximum absolute atomic E-state index is 10.8. The first-order valence-electron chi connectivity index (χ1n) is 5.43. The molecule has 0 radical (unpaired) electrons. The molecule has 19 heavy (non-hydrogen) atoms. The van der Waals surface area contributed by atoms with Gasteiger partial charge in [0.15, 0.2) is 5.82 Å². The second-order valence-electron chi connectivity index (χ2n) is 3.88. The van der Waals surface area contributed by atoms with E-state index >= 15 is 0 Å². The molecule has 4 N–H and O–H groups in total. The van der Waals surface area contributed by atoms with Gasteiger partial charge in [0.25, 0.3) is 5.69 Å². The largest absolute Gasteiger partial charge is 0.377 e. The Balaban J connectivity index is 2.17. The fourth-order valence-corrected chi connectivity index (χ4v) is 1.55. The normalized spacial score (nSPS) is 10.2. The van der Waals surface area contributed by atoms with Crippen LogP contribution in [0.3, 0.4) is 0 Å². The van der Waals surface area contributed by atoms with Gasteiger partial charge in [-0.25, -0.2) is 0 Å². The highest BCUT2D eigenvalue weighted by atomic mass is 16.6. The number of rotatable bonds is 5. The molecule has 0 saturated carbocycles. The third-order valence-electron chi connectivity index (χ3n) is 2.55. The van der Waals surface area contributed by atoms with Gasteiger partial charge in [-0.2, -0.15) is 0 Å². The summed E-state index contributed by atoms with van der Waals surface area (Å²) in [5, 5.41) is 21.5. The zero-order chi connectivity index (χ0) is 13.8. The lowest BCUT2D eigenvalue weighted by atomic mass is 10.2. The van der Waals surface area contributed by atoms with Gasteiger partial charge in [-0.1, -0.05) is 0 Å². The van der Waals surface area contributed by atoms with Crippen molar-refractivity contribution in [1.82, 2.24) is 14.8 Å². The minimum absolute atomic E-state index is 0.0454. The van der Waals surface area contributed by atoms with Gasteiger partial charge in [-0.15, -0.1) is 10.2 Å². The van der Waals surface area contributed by atoms with Gasteiger partial charge in [0, 0.05) is 24.9 Å². The summed E-state index contributed by atoms with van der Waals surface area (Å²) in [6, 6.07) is 4.45. The lowest BCUT2D eigenvalue weighted by Gasteiger charge is -2.08. The Hall–Kier alpha value is -2.68. The number of hydrazine groups is 1. The number of nitrogens with one attached hydrogen (secondary N) is 2. The number of anilines is 2. The van der Waals surface area contributed by atoms with E-state index in [2.05, 4.69) is 20.9 Å². The number of aryl methyl sites for hydroxylation is 1. The topological polar surface area (TPSA) is 124 Å². The van der Waals surface area contributed by atoms with Crippen molar-refractivity contribution < 1.29 is 4.92 Å². The van der Waals surface area contributed by atoms with E-state index in [1.165, 1.54) is 12.1 Å². The van der Waals surface area contributed by atoms with Crippen LogP contribution in [0.4, 0.5) is 17.1 Å². The number of hydrogen-bond donors (Lipinski definition) is 3. The molecule has 0 aliphatic carbocycles. The number of nitro groups is 1. The predicted molar refractivity (Wildman–Crippen MR) is 69.2 cm³/mol.